The van der Waals surface area contributed by atoms with Crippen LogP contribution in [-0.4, -0.2) is 28.3 Å². The largest absolute Gasteiger partial charge is 0.448 e. The van der Waals surface area contributed by atoms with Crippen molar-refractivity contribution in [1.29, 1.82) is 0 Å². The number of rotatable bonds is 5. The highest BCUT2D eigenvalue weighted by molar-refractivity contribution is 5.75. The molecule has 1 amide bonds. The van der Waals surface area contributed by atoms with Crippen LogP contribution in [0.2, 0.25) is 0 Å². The molecule has 1 atom stereocenters. The molecule has 2 aromatic rings. The number of primary amides is 1. The Balaban J connectivity index is 2.06. The van der Waals surface area contributed by atoms with Gasteiger partial charge in [0.15, 0.2) is 0 Å². The first-order chi connectivity index (χ1) is 10.3. The minimum atomic E-state index is -0.743. The van der Waals surface area contributed by atoms with Gasteiger partial charge in [-0.3, -0.25) is 0 Å². The molecule has 0 saturated heterocycles. The van der Waals surface area contributed by atoms with Crippen molar-refractivity contribution in [3.05, 3.63) is 30.1 Å². The van der Waals surface area contributed by atoms with Gasteiger partial charge < -0.3 is 20.4 Å². The number of ether oxygens (including phenoxy) is 1. The zero-order valence-corrected chi connectivity index (χ0v) is 13.6. The van der Waals surface area contributed by atoms with Crippen molar-refractivity contribution >= 4 is 17.1 Å². The van der Waals surface area contributed by atoms with E-state index in [4.69, 9.17) is 10.5 Å². The van der Waals surface area contributed by atoms with E-state index < -0.39 is 6.09 Å². The molecule has 0 aliphatic carbocycles. The van der Waals surface area contributed by atoms with Gasteiger partial charge in [-0.2, -0.15) is 0 Å². The molecule has 0 saturated carbocycles. The molecule has 120 valence electrons. The van der Waals surface area contributed by atoms with Crippen molar-refractivity contribution in [2.45, 2.75) is 33.4 Å². The minimum absolute atomic E-state index is 0.0160. The third-order valence-corrected chi connectivity index (χ3v) is 3.78. The van der Waals surface area contributed by atoms with Gasteiger partial charge in [0.25, 0.3) is 0 Å². The fourth-order valence-corrected chi connectivity index (χ4v) is 2.30. The van der Waals surface area contributed by atoms with Crippen molar-refractivity contribution in [2.24, 2.45) is 18.2 Å². The van der Waals surface area contributed by atoms with Crippen LogP contribution in [-0.2, 0) is 18.3 Å². The number of nitrogens with zero attached hydrogens (tertiary/aromatic N) is 2. The first kappa shape index (κ1) is 16.3. The normalized spacial score (nSPS) is 13.3. The summed E-state index contributed by atoms with van der Waals surface area (Å²) < 4.78 is 6.95. The Kier molecular flexibility index (Phi) is 4.71. The molecule has 2 rings (SSSR count). The fourth-order valence-electron chi connectivity index (χ4n) is 2.30. The Morgan fingerprint density at radius 1 is 1.45 bits per heavy atom. The van der Waals surface area contributed by atoms with E-state index in [9.17, 15) is 4.79 Å². The van der Waals surface area contributed by atoms with Crippen LogP contribution in [0.25, 0.3) is 11.0 Å². The van der Waals surface area contributed by atoms with E-state index >= 15 is 0 Å². The van der Waals surface area contributed by atoms with Gasteiger partial charge in [0.2, 0.25) is 0 Å². The smallest absolute Gasteiger partial charge is 0.404 e. The first-order valence-electron chi connectivity index (χ1n) is 7.33. The van der Waals surface area contributed by atoms with Gasteiger partial charge in [-0.05, 0) is 23.1 Å². The number of imidazole rings is 1. The van der Waals surface area contributed by atoms with Gasteiger partial charge in [-0.1, -0.05) is 26.8 Å². The topological polar surface area (TPSA) is 82.2 Å². The van der Waals surface area contributed by atoms with Gasteiger partial charge in [-0.15, -0.1) is 0 Å². The highest BCUT2D eigenvalue weighted by atomic mass is 16.5. The Morgan fingerprint density at radius 2 is 2.18 bits per heavy atom. The molecule has 0 radical (unpaired) electrons. The number of carbonyl (C=O) groups excluding carboxylic acids is 1. The van der Waals surface area contributed by atoms with Gasteiger partial charge in [0, 0.05) is 19.6 Å². The maximum atomic E-state index is 10.8. The van der Waals surface area contributed by atoms with Crippen molar-refractivity contribution in [1.82, 2.24) is 14.9 Å². The van der Waals surface area contributed by atoms with Crippen LogP contribution < -0.4 is 11.1 Å². The summed E-state index contributed by atoms with van der Waals surface area (Å²) >= 11 is 0. The molecule has 1 heterocycles. The highest BCUT2D eigenvalue weighted by Crippen LogP contribution is 2.21. The van der Waals surface area contributed by atoms with E-state index in [0.29, 0.717) is 6.54 Å². The number of nitrogens with two attached hydrogens (primary N) is 1. The third kappa shape index (κ3) is 3.98. The Morgan fingerprint density at radius 3 is 2.82 bits per heavy atom. The van der Waals surface area contributed by atoms with Crippen molar-refractivity contribution in [2.75, 3.05) is 6.61 Å². The van der Waals surface area contributed by atoms with E-state index in [1.807, 2.05) is 17.7 Å². The zero-order valence-electron chi connectivity index (χ0n) is 13.6. The van der Waals surface area contributed by atoms with E-state index in [1.54, 1.807) is 6.33 Å². The molecule has 1 aromatic heterocycles. The number of hydrogen-bond acceptors (Lipinski definition) is 4. The first-order valence-corrected chi connectivity index (χ1v) is 7.33. The van der Waals surface area contributed by atoms with Crippen LogP contribution in [0.3, 0.4) is 0 Å². The number of hydrogen-bond donors (Lipinski definition) is 2. The predicted molar refractivity (Wildman–Crippen MR) is 86.3 cm³/mol. The molecule has 0 aliphatic rings. The molecule has 1 aromatic carbocycles. The monoisotopic (exact) mass is 304 g/mol. The number of benzene rings is 1. The number of aromatic nitrogens is 2. The van der Waals surface area contributed by atoms with E-state index in [0.717, 1.165) is 16.6 Å². The lowest BCUT2D eigenvalue weighted by Gasteiger charge is -2.31. The molecule has 3 N–H and O–H groups in total. The van der Waals surface area contributed by atoms with Crippen molar-refractivity contribution in [3.8, 4) is 0 Å². The lowest BCUT2D eigenvalue weighted by Crippen LogP contribution is -2.44. The Hall–Kier alpha value is -2.08. The average Bonchev–Trinajstić information content (AvgIpc) is 2.78. The molecule has 0 aliphatic heterocycles. The van der Waals surface area contributed by atoms with Gasteiger partial charge in [0.05, 0.1) is 17.4 Å². The van der Waals surface area contributed by atoms with Gasteiger partial charge in [0.1, 0.15) is 6.61 Å². The summed E-state index contributed by atoms with van der Waals surface area (Å²) in [6.07, 6.45) is 1.06. The van der Waals surface area contributed by atoms with E-state index in [2.05, 4.69) is 43.2 Å². The minimum Gasteiger partial charge on any atom is -0.448 e. The average molecular weight is 304 g/mol. The molecule has 0 bridgehead atoms. The summed E-state index contributed by atoms with van der Waals surface area (Å²) in [5, 5.41) is 3.45. The van der Waals surface area contributed by atoms with Crippen LogP contribution in [0.1, 0.15) is 26.3 Å². The molecule has 6 heteroatoms. The quantitative estimate of drug-likeness (QED) is 0.887. The summed E-state index contributed by atoms with van der Waals surface area (Å²) in [4.78, 5) is 15.1. The van der Waals surface area contributed by atoms with Crippen LogP contribution in [0.4, 0.5) is 4.79 Å². The van der Waals surface area contributed by atoms with Gasteiger partial charge in [-0.25, -0.2) is 9.78 Å². The summed E-state index contributed by atoms with van der Waals surface area (Å²) in [6, 6.07) is 6.20. The molecule has 0 fully saturated rings. The van der Waals surface area contributed by atoms with Crippen LogP contribution in [0, 0.1) is 5.41 Å². The lowest BCUT2D eigenvalue weighted by atomic mass is 9.87. The maximum absolute atomic E-state index is 10.8. The van der Waals surface area contributed by atoms with E-state index in [1.165, 1.54) is 0 Å². The lowest BCUT2D eigenvalue weighted by molar-refractivity contribution is 0.113. The maximum Gasteiger partial charge on any atom is 0.404 e. The molecular formula is C16H24N4O2. The number of nitrogens with one attached hydrogen (secondary N) is 1. The summed E-state index contributed by atoms with van der Waals surface area (Å²) in [7, 11) is 1.98. The summed E-state index contributed by atoms with van der Waals surface area (Å²) in [6.45, 7) is 7.23. The number of amides is 1. The van der Waals surface area contributed by atoms with Crippen LogP contribution in [0.15, 0.2) is 24.5 Å². The van der Waals surface area contributed by atoms with Crippen molar-refractivity contribution in [3.63, 3.8) is 0 Å². The van der Waals surface area contributed by atoms with Crippen LogP contribution >= 0.6 is 0 Å². The Labute approximate surface area is 130 Å². The number of aryl methyl sites for hydroxylation is 1. The summed E-state index contributed by atoms with van der Waals surface area (Å²) in [5.74, 6) is 0. The van der Waals surface area contributed by atoms with E-state index in [-0.39, 0.29) is 18.1 Å². The Bertz CT molecular complexity index is 658. The molecule has 0 spiro atoms. The second-order valence-electron chi connectivity index (χ2n) is 6.61. The predicted octanol–water partition coefficient (Wildman–Crippen LogP) is 2.17. The molecule has 1 unspecified atom stereocenters. The summed E-state index contributed by atoms with van der Waals surface area (Å²) in [5.41, 5.74) is 8.25. The number of fused-ring (bicyclic) bond motifs is 1. The highest BCUT2D eigenvalue weighted by Gasteiger charge is 2.25. The zero-order chi connectivity index (χ0) is 16.3. The molecular weight excluding hydrogens is 280 g/mol. The van der Waals surface area contributed by atoms with Crippen molar-refractivity contribution < 1.29 is 9.53 Å². The second-order valence-corrected chi connectivity index (χ2v) is 6.61. The fraction of sp³-hybridized carbons (Fsp3) is 0.500. The third-order valence-electron chi connectivity index (χ3n) is 3.78. The van der Waals surface area contributed by atoms with Gasteiger partial charge >= 0.3 is 6.09 Å². The SMILES string of the molecule is Cn1cnc2ccc(CNC(COC(N)=O)C(C)(C)C)cc21. The molecule has 22 heavy (non-hydrogen) atoms. The number of carbonyl (C=O) groups is 1. The second kappa shape index (κ2) is 6.36. The molecule has 6 nitrogen and oxygen atoms in total. The van der Waals surface area contributed by atoms with Crippen LogP contribution in [0.5, 0.6) is 0 Å². The standard InChI is InChI=1S/C16H24N4O2/c1-16(2,3)14(9-22-15(17)21)18-8-11-5-6-12-13(7-11)20(4)10-19-12/h5-7,10,14,18H,8-9H2,1-4H3,(H2,17,21).